The molecule has 4 heteroatoms. The third kappa shape index (κ3) is 3.07. The predicted octanol–water partition coefficient (Wildman–Crippen LogP) is 2.83. The summed E-state index contributed by atoms with van der Waals surface area (Å²) in [4.78, 5) is 5.39. The molecule has 0 fully saturated rings. The van der Waals surface area contributed by atoms with Crippen molar-refractivity contribution in [3.63, 3.8) is 0 Å². The van der Waals surface area contributed by atoms with E-state index in [-0.39, 0.29) is 5.84 Å². The molecule has 1 aromatic heterocycles. The number of nitrogens with one attached hydrogen (secondary N) is 1. The Labute approximate surface area is 105 Å². The van der Waals surface area contributed by atoms with E-state index in [1.165, 1.54) is 5.56 Å². The highest BCUT2D eigenvalue weighted by molar-refractivity contribution is 7.99. The van der Waals surface area contributed by atoms with E-state index in [0.29, 0.717) is 5.56 Å². The highest BCUT2D eigenvalue weighted by Crippen LogP contribution is 2.26. The number of hydrogen-bond acceptors (Lipinski definition) is 3. The van der Waals surface area contributed by atoms with E-state index in [1.54, 1.807) is 24.0 Å². The van der Waals surface area contributed by atoms with Gasteiger partial charge in [0.15, 0.2) is 0 Å². The molecule has 1 aromatic carbocycles. The van der Waals surface area contributed by atoms with Gasteiger partial charge in [-0.2, -0.15) is 0 Å². The molecule has 0 atom stereocenters. The minimum absolute atomic E-state index is 0.0680. The molecule has 3 nitrogen and oxygen atoms in total. The predicted molar refractivity (Wildman–Crippen MR) is 70.6 cm³/mol. The average molecular weight is 243 g/mol. The van der Waals surface area contributed by atoms with Crippen LogP contribution in [0.2, 0.25) is 0 Å². The quantitative estimate of drug-likeness (QED) is 0.643. The Kier molecular flexibility index (Phi) is 3.44. The van der Waals surface area contributed by atoms with Gasteiger partial charge < -0.3 is 5.73 Å². The highest BCUT2D eigenvalue weighted by atomic mass is 32.2. The number of hydrogen-bond donors (Lipinski definition) is 2. The SMILES string of the molecule is Cc1cccc(Sc2cc(C(=N)N)ccn2)c1. The third-order valence-corrected chi connectivity index (χ3v) is 3.18. The molecule has 1 heterocycles. The second-order valence-electron chi connectivity index (χ2n) is 3.71. The molecular formula is C13H13N3S. The molecule has 0 aliphatic heterocycles. The summed E-state index contributed by atoms with van der Waals surface area (Å²) in [6.45, 7) is 2.06. The van der Waals surface area contributed by atoms with Crippen LogP contribution in [0, 0.1) is 12.3 Å². The minimum atomic E-state index is 0.0680. The Bertz CT molecular complexity index is 552. The Balaban J connectivity index is 2.24. The van der Waals surface area contributed by atoms with Crippen molar-refractivity contribution >= 4 is 17.6 Å². The number of pyridine rings is 1. The van der Waals surface area contributed by atoms with Crippen molar-refractivity contribution in [2.24, 2.45) is 5.73 Å². The third-order valence-electron chi connectivity index (χ3n) is 2.26. The lowest BCUT2D eigenvalue weighted by atomic mass is 10.2. The van der Waals surface area contributed by atoms with Gasteiger partial charge in [0.05, 0.1) is 0 Å². The van der Waals surface area contributed by atoms with Crippen molar-refractivity contribution in [3.05, 3.63) is 53.7 Å². The topological polar surface area (TPSA) is 62.8 Å². The van der Waals surface area contributed by atoms with Crippen molar-refractivity contribution in [1.82, 2.24) is 4.98 Å². The monoisotopic (exact) mass is 243 g/mol. The number of nitrogens with two attached hydrogens (primary N) is 1. The maximum absolute atomic E-state index is 7.39. The van der Waals surface area contributed by atoms with E-state index in [4.69, 9.17) is 11.1 Å². The van der Waals surface area contributed by atoms with E-state index < -0.39 is 0 Å². The summed E-state index contributed by atoms with van der Waals surface area (Å²) in [5, 5.41) is 8.24. The maximum Gasteiger partial charge on any atom is 0.122 e. The van der Waals surface area contributed by atoms with Crippen LogP contribution in [0.15, 0.2) is 52.5 Å². The van der Waals surface area contributed by atoms with Crippen LogP contribution in [-0.4, -0.2) is 10.8 Å². The zero-order chi connectivity index (χ0) is 12.3. The van der Waals surface area contributed by atoms with E-state index in [0.717, 1.165) is 9.92 Å². The van der Waals surface area contributed by atoms with Crippen molar-refractivity contribution in [2.45, 2.75) is 16.8 Å². The second-order valence-corrected chi connectivity index (χ2v) is 4.81. The largest absolute Gasteiger partial charge is 0.384 e. The number of benzene rings is 1. The number of nitrogens with zero attached hydrogens (tertiary/aromatic N) is 1. The van der Waals surface area contributed by atoms with E-state index in [9.17, 15) is 0 Å². The van der Waals surface area contributed by atoms with Crippen LogP contribution < -0.4 is 5.73 Å². The summed E-state index contributed by atoms with van der Waals surface area (Å²) >= 11 is 1.57. The van der Waals surface area contributed by atoms with Gasteiger partial charge in [0.25, 0.3) is 0 Å². The van der Waals surface area contributed by atoms with Gasteiger partial charge >= 0.3 is 0 Å². The first-order chi connectivity index (χ1) is 8.15. The normalized spacial score (nSPS) is 10.2. The summed E-state index contributed by atoms with van der Waals surface area (Å²) < 4.78 is 0. The molecule has 86 valence electrons. The molecule has 3 N–H and O–H groups in total. The van der Waals surface area contributed by atoms with Crippen LogP contribution in [0.3, 0.4) is 0 Å². The minimum Gasteiger partial charge on any atom is -0.384 e. The zero-order valence-electron chi connectivity index (χ0n) is 9.47. The summed E-state index contributed by atoms with van der Waals surface area (Å²) in [5.74, 6) is 0.0680. The van der Waals surface area contributed by atoms with Crippen molar-refractivity contribution in [2.75, 3.05) is 0 Å². The summed E-state index contributed by atoms with van der Waals surface area (Å²) in [7, 11) is 0. The Morgan fingerprint density at radius 1 is 1.29 bits per heavy atom. The van der Waals surface area contributed by atoms with Gasteiger partial charge in [-0.25, -0.2) is 4.98 Å². The van der Waals surface area contributed by atoms with Gasteiger partial charge in [0.1, 0.15) is 10.9 Å². The van der Waals surface area contributed by atoms with E-state index >= 15 is 0 Å². The molecular weight excluding hydrogens is 230 g/mol. The molecule has 0 spiro atoms. The number of aromatic nitrogens is 1. The molecule has 0 unspecified atom stereocenters. The average Bonchev–Trinajstić information content (AvgIpc) is 2.29. The van der Waals surface area contributed by atoms with Crippen LogP contribution in [0.4, 0.5) is 0 Å². The highest BCUT2D eigenvalue weighted by Gasteiger charge is 2.02. The lowest BCUT2D eigenvalue weighted by Crippen LogP contribution is -2.10. The van der Waals surface area contributed by atoms with Crippen LogP contribution in [0.25, 0.3) is 0 Å². The number of rotatable bonds is 3. The van der Waals surface area contributed by atoms with Gasteiger partial charge in [0.2, 0.25) is 0 Å². The number of nitrogen functional groups attached to an aromatic ring is 1. The fourth-order valence-corrected chi connectivity index (χ4v) is 2.36. The first-order valence-corrected chi connectivity index (χ1v) is 6.02. The molecule has 2 rings (SSSR count). The van der Waals surface area contributed by atoms with Crippen molar-refractivity contribution in [3.8, 4) is 0 Å². The molecule has 2 aromatic rings. The molecule has 0 saturated heterocycles. The summed E-state index contributed by atoms with van der Waals surface area (Å²) in [6, 6.07) is 11.8. The first kappa shape index (κ1) is 11.7. The zero-order valence-corrected chi connectivity index (χ0v) is 10.3. The Morgan fingerprint density at radius 2 is 2.12 bits per heavy atom. The van der Waals surface area contributed by atoms with Gasteiger partial charge in [-0.15, -0.1) is 0 Å². The standard InChI is InChI=1S/C13H13N3S/c1-9-3-2-4-11(7-9)17-12-8-10(13(14)15)5-6-16-12/h2-8H,1H3,(H3,14,15). The number of aryl methyl sites for hydroxylation is 1. The first-order valence-electron chi connectivity index (χ1n) is 5.20. The Hall–Kier alpha value is -1.81. The van der Waals surface area contributed by atoms with E-state index in [1.807, 2.05) is 18.2 Å². The fraction of sp³-hybridized carbons (Fsp3) is 0.0769. The Morgan fingerprint density at radius 3 is 2.82 bits per heavy atom. The van der Waals surface area contributed by atoms with Gasteiger partial charge in [0, 0.05) is 16.7 Å². The van der Waals surface area contributed by atoms with Crippen LogP contribution in [0.5, 0.6) is 0 Å². The van der Waals surface area contributed by atoms with Gasteiger partial charge in [-0.3, -0.25) is 5.41 Å². The van der Waals surface area contributed by atoms with Crippen LogP contribution in [-0.2, 0) is 0 Å². The molecule has 0 radical (unpaired) electrons. The lowest BCUT2D eigenvalue weighted by Gasteiger charge is -2.03. The van der Waals surface area contributed by atoms with Crippen molar-refractivity contribution in [1.29, 1.82) is 5.41 Å². The van der Waals surface area contributed by atoms with Gasteiger partial charge in [-0.1, -0.05) is 29.5 Å². The molecule has 17 heavy (non-hydrogen) atoms. The van der Waals surface area contributed by atoms with Crippen LogP contribution >= 0.6 is 11.8 Å². The number of amidine groups is 1. The van der Waals surface area contributed by atoms with Gasteiger partial charge in [-0.05, 0) is 31.2 Å². The second kappa shape index (κ2) is 5.01. The summed E-state index contributed by atoms with van der Waals surface area (Å²) in [5.41, 5.74) is 7.37. The van der Waals surface area contributed by atoms with Crippen molar-refractivity contribution < 1.29 is 0 Å². The van der Waals surface area contributed by atoms with E-state index in [2.05, 4.69) is 24.0 Å². The molecule has 0 saturated carbocycles. The van der Waals surface area contributed by atoms with Crippen LogP contribution in [0.1, 0.15) is 11.1 Å². The molecule has 0 amide bonds. The fourth-order valence-electron chi connectivity index (χ4n) is 1.43. The summed E-state index contributed by atoms with van der Waals surface area (Å²) in [6.07, 6.45) is 1.68. The lowest BCUT2D eigenvalue weighted by molar-refractivity contribution is 1.12. The molecule has 0 aliphatic rings. The maximum atomic E-state index is 7.39. The smallest absolute Gasteiger partial charge is 0.122 e. The molecule has 0 bridgehead atoms. The molecule has 0 aliphatic carbocycles.